The van der Waals surface area contributed by atoms with Gasteiger partial charge in [0.15, 0.2) is 9.84 Å². The van der Waals surface area contributed by atoms with Gasteiger partial charge in [0, 0.05) is 0 Å². The highest BCUT2D eigenvalue weighted by Gasteiger charge is 2.45. The van der Waals surface area contributed by atoms with Gasteiger partial charge in [-0.15, -0.1) is 0 Å². The van der Waals surface area contributed by atoms with Crippen molar-refractivity contribution in [3.8, 4) is 5.75 Å². The largest absolute Gasteiger partial charge is 0.497 e. The topological polar surface area (TPSA) is 69.7 Å². The number of carbonyl (C=O) groups excluding carboxylic acids is 1. The molecule has 0 aliphatic carbocycles. The molecule has 0 N–H and O–H groups in total. The summed E-state index contributed by atoms with van der Waals surface area (Å²) in [6, 6.07) is 16.4. The number of hydrogen-bond acceptors (Lipinski definition) is 5. The lowest BCUT2D eigenvalue weighted by atomic mass is 9.97. The Kier molecular flexibility index (Phi) is 6.16. The van der Waals surface area contributed by atoms with Gasteiger partial charge in [-0.05, 0) is 49.1 Å². The van der Waals surface area contributed by atoms with E-state index >= 15 is 0 Å². The van der Waals surface area contributed by atoms with E-state index in [4.69, 9.17) is 9.47 Å². The molecule has 2 aromatic carbocycles. The van der Waals surface area contributed by atoms with Crippen LogP contribution in [0.5, 0.6) is 5.75 Å². The molecule has 1 aliphatic rings. The summed E-state index contributed by atoms with van der Waals surface area (Å²) in [6.07, 6.45) is 2.95. The van der Waals surface area contributed by atoms with Crippen molar-refractivity contribution in [3.63, 3.8) is 0 Å². The van der Waals surface area contributed by atoms with Gasteiger partial charge in [-0.1, -0.05) is 36.8 Å². The van der Waals surface area contributed by atoms with Crippen LogP contribution in [0.4, 0.5) is 0 Å². The van der Waals surface area contributed by atoms with Crippen LogP contribution in [0.3, 0.4) is 0 Å². The zero-order valence-electron chi connectivity index (χ0n) is 15.3. The summed E-state index contributed by atoms with van der Waals surface area (Å²) in [7, 11) is -2.09. The molecular formula is C21H24O5S. The Hall–Kier alpha value is -2.34. The third kappa shape index (κ3) is 4.50. The van der Waals surface area contributed by atoms with Crippen molar-refractivity contribution in [2.75, 3.05) is 13.7 Å². The van der Waals surface area contributed by atoms with Crippen molar-refractivity contribution in [1.82, 2.24) is 0 Å². The minimum absolute atomic E-state index is 0.178. The summed E-state index contributed by atoms with van der Waals surface area (Å²) in [5, 5.41) is -0.747. The molecule has 2 aromatic rings. The van der Waals surface area contributed by atoms with Gasteiger partial charge < -0.3 is 9.47 Å². The summed E-state index contributed by atoms with van der Waals surface area (Å²) >= 11 is 0. The first kappa shape index (κ1) is 19.4. The second-order valence-corrected chi connectivity index (χ2v) is 8.89. The van der Waals surface area contributed by atoms with Gasteiger partial charge in [-0.3, -0.25) is 4.79 Å². The third-order valence-electron chi connectivity index (χ3n) is 4.99. The summed E-state index contributed by atoms with van der Waals surface area (Å²) in [5.41, 5.74) is 1.23. The third-order valence-corrected chi connectivity index (χ3v) is 7.28. The molecule has 0 bridgehead atoms. The maximum Gasteiger partial charge on any atom is 0.313 e. The van der Waals surface area contributed by atoms with E-state index in [-0.39, 0.29) is 11.5 Å². The van der Waals surface area contributed by atoms with Crippen molar-refractivity contribution in [2.45, 2.75) is 35.8 Å². The average molecular weight is 388 g/mol. The van der Waals surface area contributed by atoms with E-state index in [0.29, 0.717) is 12.2 Å². The molecule has 1 saturated heterocycles. The van der Waals surface area contributed by atoms with Crippen LogP contribution in [-0.4, -0.2) is 33.4 Å². The summed E-state index contributed by atoms with van der Waals surface area (Å²) in [6.45, 7) is 0.178. The monoisotopic (exact) mass is 388 g/mol. The van der Waals surface area contributed by atoms with Gasteiger partial charge in [0.1, 0.15) is 18.3 Å². The number of benzene rings is 2. The number of methoxy groups -OCH3 is 1. The fourth-order valence-corrected chi connectivity index (χ4v) is 5.30. The van der Waals surface area contributed by atoms with Gasteiger partial charge in [0.2, 0.25) is 0 Å². The lowest BCUT2D eigenvalue weighted by molar-refractivity contribution is -0.168. The molecule has 1 heterocycles. The van der Waals surface area contributed by atoms with Gasteiger partial charge in [-0.25, -0.2) is 8.42 Å². The van der Waals surface area contributed by atoms with Gasteiger partial charge in [0.05, 0.1) is 17.3 Å². The number of carbonyl (C=O) groups is 1. The van der Waals surface area contributed by atoms with Crippen molar-refractivity contribution in [2.24, 2.45) is 5.92 Å². The summed E-state index contributed by atoms with van der Waals surface area (Å²) in [5.74, 6) is -0.398. The Labute approximate surface area is 160 Å². The standard InChI is InChI=1S/C21H24O5S/c1-25-17-11-13-18(14-12-17)27(23,24)20(19-15-26-21(19)22)10-6-5-9-16-7-3-2-4-8-16/h2-4,7-8,11-14,19-20H,5-6,9-10,15H2,1H3. The molecule has 3 rings (SSSR count). The van der Waals surface area contributed by atoms with Crippen LogP contribution in [-0.2, 0) is 25.8 Å². The van der Waals surface area contributed by atoms with Crippen molar-refractivity contribution >= 4 is 15.8 Å². The molecule has 0 radical (unpaired) electrons. The average Bonchev–Trinajstić information content (AvgIpc) is 2.69. The number of cyclic esters (lactones) is 1. The van der Waals surface area contributed by atoms with Crippen LogP contribution in [0, 0.1) is 5.92 Å². The number of sulfone groups is 1. The van der Waals surface area contributed by atoms with Gasteiger partial charge in [-0.2, -0.15) is 0 Å². The summed E-state index contributed by atoms with van der Waals surface area (Å²) < 4.78 is 36.2. The lowest BCUT2D eigenvalue weighted by Gasteiger charge is -2.31. The highest BCUT2D eigenvalue weighted by Crippen LogP contribution is 2.32. The maximum atomic E-state index is 13.1. The molecule has 0 amide bonds. The van der Waals surface area contributed by atoms with Crippen molar-refractivity contribution < 1.29 is 22.7 Å². The van der Waals surface area contributed by atoms with E-state index in [2.05, 4.69) is 12.1 Å². The Morgan fingerprint density at radius 3 is 2.33 bits per heavy atom. The van der Waals surface area contributed by atoms with Crippen LogP contribution in [0.15, 0.2) is 59.5 Å². The minimum atomic E-state index is -3.62. The molecule has 0 aromatic heterocycles. The fourth-order valence-electron chi connectivity index (χ4n) is 3.34. The van der Waals surface area contributed by atoms with Gasteiger partial charge in [0.25, 0.3) is 0 Å². The molecular weight excluding hydrogens is 364 g/mol. The molecule has 0 spiro atoms. The Morgan fingerprint density at radius 2 is 1.78 bits per heavy atom. The Morgan fingerprint density at radius 1 is 1.07 bits per heavy atom. The first-order valence-corrected chi connectivity index (χ1v) is 10.7. The molecule has 27 heavy (non-hydrogen) atoms. The molecule has 2 unspecified atom stereocenters. The van der Waals surface area contributed by atoms with E-state index in [1.807, 2.05) is 18.2 Å². The molecule has 2 atom stereocenters. The zero-order valence-corrected chi connectivity index (χ0v) is 16.2. The highest BCUT2D eigenvalue weighted by atomic mass is 32.2. The predicted molar refractivity (Wildman–Crippen MR) is 102 cm³/mol. The van der Waals surface area contributed by atoms with E-state index in [9.17, 15) is 13.2 Å². The van der Waals surface area contributed by atoms with E-state index in [1.54, 1.807) is 12.1 Å². The van der Waals surface area contributed by atoms with Crippen LogP contribution in [0.2, 0.25) is 0 Å². The summed E-state index contributed by atoms with van der Waals surface area (Å²) in [4.78, 5) is 12.0. The Balaban J connectivity index is 1.69. The van der Waals surface area contributed by atoms with Crippen LogP contribution >= 0.6 is 0 Å². The molecule has 1 fully saturated rings. The highest BCUT2D eigenvalue weighted by molar-refractivity contribution is 7.92. The van der Waals surface area contributed by atoms with Crippen molar-refractivity contribution in [1.29, 1.82) is 0 Å². The fraction of sp³-hybridized carbons (Fsp3) is 0.381. The second-order valence-electron chi connectivity index (χ2n) is 6.73. The smallest absolute Gasteiger partial charge is 0.313 e. The first-order valence-electron chi connectivity index (χ1n) is 9.11. The lowest BCUT2D eigenvalue weighted by Crippen LogP contribution is -2.46. The quantitative estimate of drug-likeness (QED) is 0.486. The SMILES string of the molecule is COc1ccc(S(=O)(=O)C(CCCCc2ccccc2)C2COC2=O)cc1. The second kappa shape index (κ2) is 8.57. The molecule has 1 aliphatic heterocycles. The van der Waals surface area contributed by atoms with Gasteiger partial charge >= 0.3 is 5.97 Å². The van der Waals surface area contributed by atoms with E-state index < -0.39 is 27.0 Å². The maximum absolute atomic E-state index is 13.1. The number of ether oxygens (including phenoxy) is 2. The number of rotatable bonds is 9. The van der Waals surface area contributed by atoms with E-state index in [1.165, 1.54) is 24.8 Å². The number of hydrogen-bond donors (Lipinski definition) is 0. The van der Waals surface area contributed by atoms with E-state index in [0.717, 1.165) is 19.3 Å². The van der Waals surface area contributed by atoms with Crippen molar-refractivity contribution in [3.05, 3.63) is 60.2 Å². The van der Waals surface area contributed by atoms with Crippen LogP contribution in [0.1, 0.15) is 24.8 Å². The van der Waals surface area contributed by atoms with Crippen LogP contribution < -0.4 is 4.74 Å². The number of esters is 1. The normalized spacial score (nSPS) is 17.7. The molecule has 144 valence electrons. The minimum Gasteiger partial charge on any atom is -0.497 e. The molecule has 6 heteroatoms. The molecule has 5 nitrogen and oxygen atoms in total. The first-order chi connectivity index (χ1) is 13.0. The number of aryl methyl sites for hydroxylation is 1. The predicted octanol–water partition coefficient (Wildman–Crippen LogP) is 3.42. The van der Waals surface area contributed by atoms with Crippen LogP contribution in [0.25, 0.3) is 0 Å². The number of unbranched alkanes of at least 4 members (excludes halogenated alkanes) is 1. The zero-order chi connectivity index (χ0) is 19.3. The molecule has 0 saturated carbocycles. The Bertz CT molecular complexity index is 859.